The number of halogens is 2. The maximum Gasteiger partial charge on any atom is 0.255 e. The van der Waals surface area contributed by atoms with E-state index in [-0.39, 0.29) is 17.7 Å². The molecule has 1 saturated carbocycles. The Kier molecular flexibility index (Phi) is 6.97. The zero-order chi connectivity index (χ0) is 20.1. The largest absolute Gasteiger partial charge is 0.356 e. The van der Waals surface area contributed by atoms with Crippen molar-refractivity contribution in [2.45, 2.75) is 38.5 Å². The first-order valence-corrected chi connectivity index (χ1v) is 10.4. The molecule has 0 atom stereocenters. The third-order valence-electron chi connectivity index (χ3n) is 5.27. The molecule has 148 valence electrons. The van der Waals surface area contributed by atoms with Gasteiger partial charge in [-0.15, -0.1) is 0 Å². The molecule has 6 heteroatoms. The average Bonchev–Trinajstić information content (AvgIpc) is 2.71. The van der Waals surface area contributed by atoms with E-state index in [0.29, 0.717) is 28.1 Å². The van der Waals surface area contributed by atoms with E-state index < -0.39 is 0 Å². The lowest BCUT2D eigenvalue weighted by Gasteiger charge is -2.28. The molecule has 2 amide bonds. The van der Waals surface area contributed by atoms with Crippen LogP contribution in [0, 0.1) is 5.92 Å². The minimum Gasteiger partial charge on any atom is -0.356 e. The monoisotopic (exact) mass is 418 g/mol. The molecule has 0 radical (unpaired) electrons. The number of amides is 2. The van der Waals surface area contributed by atoms with Gasteiger partial charge in [0.2, 0.25) is 5.91 Å². The topological polar surface area (TPSA) is 58.2 Å². The summed E-state index contributed by atoms with van der Waals surface area (Å²) in [5, 5.41) is 6.57. The highest BCUT2D eigenvalue weighted by atomic mass is 35.5. The lowest BCUT2D eigenvalue weighted by Crippen LogP contribution is -2.32. The SMILES string of the molecule is CCNC(=O)[C@H]1CC[C@H](c2ccc(NC(=O)c3ccc(Cl)c(Cl)c3)cc2)CC1. The van der Waals surface area contributed by atoms with Gasteiger partial charge in [-0.2, -0.15) is 0 Å². The Morgan fingerprint density at radius 1 is 0.964 bits per heavy atom. The van der Waals surface area contributed by atoms with Crippen LogP contribution in [0.1, 0.15) is 54.4 Å². The fraction of sp³-hybridized carbons (Fsp3) is 0.364. The molecule has 4 nitrogen and oxygen atoms in total. The first kappa shape index (κ1) is 20.7. The summed E-state index contributed by atoms with van der Waals surface area (Å²) in [5.41, 5.74) is 2.44. The van der Waals surface area contributed by atoms with Crippen LogP contribution in [-0.2, 0) is 4.79 Å². The van der Waals surface area contributed by atoms with Crippen molar-refractivity contribution in [2.24, 2.45) is 5.92 Å². The van der Waals surface area contributed by atoms with E-state index in [1.165, 1.54) is 5.56 Å². The second-order valence-electron chi connectivity index (χ2n) is 7.15. The van der Waals surface area contributed by atoms with Crippen LogP contribution in [0.25, 0.3) is 0 Å². The number of carbonyl (C=O) groups excluding carboxylic acids is 2. The highest BCUT2D eigenvalue weighted by Crippen LogP contribution is 2.36. The summed E-state index contributed by atoms with van der Waals surface area (Å²) in [6.45, 7) is 2.64. The zero-order valence-corrected chi connectivity index (χ0v) is 17.3. The van der Waals surface area contributed by atoms with E-state index in [2.05, 4.69) is 22.8 Å². The molecular formula is C22H24Cl2N2O2. The molecule has 2 aromatic rings. The van der Waals surface area contributed by atoms with Gasteiger partial charge in [0, 0.05) is 23.7 Å². The van der Waals surface area contributed by atoms with Crippen LogP contribution in [0.15, 0.2) is 42.5 Å². The summed E-state index contributed by atoms with van der Waals surface area (Å²) in [6.07, 6.45) is 3.87. The van der Waals surface area contributed by atoms with E-state index in [9.17, 15) is 9.59 Å². The van der Waals surface area contributed by atoms with E-state index in [4.69, 9.17) is 23.2 Å². The molecule has 2 N–H and O–H groups in total. The molecule has 0 spiro atoms. The highest BCUT2D eigenvalue weighted by molar-refractivity contribution is 6.42. The summed E-state index contributed by atoms with van der Waals surface area (Å²) in [7, 11) is 0. The Morgan fingerprint density at radius 3 is 2.25 bits per heavy atom. The third-order valence-corrected chi connectivity index (χ3v) is 6.01. The Balaban J connectivity index is 1.57. The quantitative estimate of drug-likeness (QED) is 0.658. The van der Waals surface area contributed by atoms with Gasteiger partial charge in [-0.25, -0.2) is 0 Å². The Labute approximate surface area is 175 Å². The van der Waals surface area contributed by atoms with E-state index in [1.807, 2.05) is 19.1 Å². The van der Waals surface area contributed by atoms with Crippen LogP contribution in [0.5, 0.6) is 0 Å². The van der Waals surface area contributed by atoms with Gasteiger partial charge in [-0.1, -0.05) is 35.3 Å². The van der Waals surface area contributed by atoms with E-state index in [1.54, 1.807) is 18.2 Å². The van der Waals surface area contributed by atoms with Crippen molar-refractivity contribution in [1.82, 2.24) is 5.32 Å². The van der Waals surface area contributed by atoms with Gasteiger partial charge in [0.15, 0.2) is 0 Å². The second-order valence-corrected chi connectivity index (χ2v) is 7.96. The van der Waals surface area contributed by atoms with E-state index in [0.717, 1.165) is 31.4 Å². The number of carbonyl (C=O) groups is 2. The van der Waals surface area contributed by atoms with Gasteiger partial charge in [0.25, 0.3) is 5.91 Å². The molecular weight excluding hydrogens is 395 g/mol. The molecule has 1 aliphatic carbocycles. The van der Waals surface area contributed by atoms with Crippen molar-refractivity contribution in [3.05, 3.63) is 63.6 Å². The van der Waals surface area contributed by atoms with Gasteiger partial charge < -0.3 is 10.6 Å². The van der Waals surface area contributed by atoms with Crippen molar-refractivity contribution in [2.75, 3.05) is 11.9 Å². The van der Waals surface area contributed by atoms with Crippen molar-refractivity contribution in [1.29, 1.82) is 0 Å². The summed E-state index contributed by atoms with van der Waals surface area (Å²) < 4.78 is 0. The predicted molar refractivity (Wildman–Crippen MR) is 114 cm³/mol. The summed E-state index contributed by atoms with van der Waals surface area (Å²) in [4.78, 5) is 24.3. The standard InChI is InChI=1S/C22H24Cl2N2O2/c1-2-25-21(27)16-5-3-14(4-6-16)15-7-10-18(11-8-15)26-22(28)17-9-12-19(23)20(24)13-17/h7-14,16H,2-6H2,1H3,(H,25,27)(H,26,28)/t14-,16-. The van der Waals surface area contributed by atoms with Crippen molar-refractivity contribution < 1.29 is 9.59 Å². The van der Waals surface area contributed by atoms with Gasteiger partial charge >= 0.3 is 0 Å². The normalized spacial score (nSPS) is 19.1. The molecule has 2 aromatic carbocycles. The van der Waals surface area contributed by atoms with Crippen LogP contribution in [-0.4, -0.2) is 18.4 Å². The number of rotatable bonds is 5. The molecule has 3 rings (SSSR count). The first-order chi connectivity index (χ1) is 13.5. The fourth-order valence-electron chi connectivity index (χ4n) is 3.69. The van der Waals surface area contributed by atoms with Crippen molar-refractivity contribution in [3.63, 3.8) is 0 Å². The maximum absolute atomic E-state index is 12.4. The smallest absolute Gasteiger partial charge is 0.255 e. The lowest BCUT2D eigenvalue weighted by atomic mass is 9.78. The first-order valence-electron chi connectivity index (χ1n) is 9.62. The number of hydrogen-bond acceptors (Lipinski definition) is 2. The molecule has 0 saturated heterocycles. The van der Waals surface area contributed by atoms with Crippen molar-refractivity contribution in [3.8, 4) is 0 Å². The number of anilines is 1. The molecule has 0 aromatic heterocycles. The van der Waals surface area contributed by atoms with Crippen LogP contribution in [0.3, 0.4) is 0 Å². The molecule has 0 unspecified atom stereocenters. The molecule has 1 fully saturated rings. The Morgan fingerprint density at radius 2 is 1.64 bits per heavy atom. The van der Waals surface area contributed by atoms with Crippen LogP contribution in [0.4, 0.5) is 5.69 Å². The highest BCUT2D eigenvalue weighted by Gasteiger charge is 2.26. The van der Waals surface area contributed by atoms with Crippen LogP contribution in [0.2, 0.25) is 10.0 Å². The average molecular weight is 419 g/mol. The zero-order valence-electron chi connectivity index (χ0n) is 15.8. The molecule has 0 bridgehead atoms. The van der Waals surface area contributed by atoms with Crippen molar-refractivity contribution >= 4 is 40.7 Å². The van der Waals surface area contributed by atoms with Crippen LogP contribution >= 0.6 is 23.2 Å². The minimum absolute atomic E-state index is 0.140. The lowest BCUT2D eigenvalue weighted by molar-refractivity contribution is -0.125. The Bertz CT molecular complexity index is 844. The molecule has 1 aliphatic rings. The van der Waals surface area contributed by atoms with E-state index >= 15 is 0 Å². The number of hydrogen-bond donors (Lipinski definition) is 2. The molecule has 28 heavy (non-hydrogen) atoms. The van der Waals surface area contributed by atoms with Gasteiger partial charge in [-0.05, 0) is 74.4 Å². The predicted octanol–water partition coefficient (Wildman–Crippen LogP) is 5.66. The third kappa shape index (κ3) is 5.06. The summed E-state index contributed by atoms with van der Waals surface area (Å²) in [6, 6.07) is 12.8. The minimum atomic E-state index is -0.228. The number of benzene rings is 2. The van der Waals surface area contributed by atoms with Crippen LogP contribution < -0.4 is 10.6 Å². The van der Waals surface area contributed by atoms with Gasteiger partial charge in [0.1, 0.15) is 0 Å². The number of nitrogens with one attached hydrogen (secondary N) is 2. The summed E-state index contributed by atoms with van der Waals surface area (Å²) >= 11 is 11.9. The second kappa shape index (κ2) is 9.44. The van der Waals surface area contributed by atoms with Gasteiger partial charge in [-0.3, -0.25) is 9.59 Å². The van der Waals surface area contributed by atoms with Gasteiger partial charge in [0.05, 0.1) is 10.0 Å². The Hall–Kier alpha value is -2.04. The maximum atomic E-state index is 12.4. The molecule has 0 aliphatic heterocycles. The molecule has 0 heterocycles. The fourth-order valence-corrected chi connectivity index (χ4v) is 3.98. The summed E-state index contributed by atoms with van der Waals surface area (Å²) in [5.74, 6) is 0.557.